The average molecular weight is 278 g/mol. The van der Waals surface area contributed by atoms with Gasteiger partial charge in [-0.05, 0) is 47.7 Å². The molecule has 18 heavy (non-hydrogen) atoms. The quantitative estimate of drug-likeness (QED) is 0.684. The van der Waals surface area contributed by atoms with Gasteiger partial charge in [0.05, 0.1) is 5.69 Å². The first kappa shape index (κ1) is 12.0. The summed E-state index contributed by atoms with van der Waals surface area (Å²) in [4.78, 5) is 4.52. The molecule has 1 aromatic heterocycles. The molecule has 0 saturated heterocycles. The standard InChI is InChI=1S/C15H13Cl2N/c1-9-12-5-3-11(16)8-10(12)2-4-13-14(17)6-7-18-15(9)13/h3,5-9H,2,4H2,1H3. The highest BCUT2D eigenvalue weighted by atomic mass is 35.5. The Morgan fingerprint density at radius 2 is 2.00 bits per heavy atom. The monoisotopic (exact) mass is 277 g/mol. The second kappa shape index (κ2) is 4.56. The lowest BCUT2D eigenvalue weighted by Gasteiger charge is -2.14. The minimum atomic E-state index is 0.272. The van der Waals surface area contributed by atoms with E-state index in [9.17, 15) is 0 Å². The maximum atomic E-state index is 6.29. The van der Waals surface area contributed by atoms with Crippen LogP contribution >= 0.6 is 23.2 Å². The van der Waals surface area contributed by atoms with E-state index in [1.807, 2.05) is 12.1 Å². The van der Waals surface area contributed by atoms with Gasteiger partial charge in [0, 0.05) is 22.2 Å². The molecule has 1 unspecified atom stereocenters. The highest BCUT2D eigenvalue weighted by molar-refractivity contribution is 6.31. The van der Waals surface area contributed by atoms with Crippen LogP contribution in [0.5, 0.6) is 0 Å². The van der Waals surface area contributed by atoms with Gasteiger partial charge in [-0.3, -0.25) is 4.98 Å². The number of hydrogen-bond donors (Lipinski definition) is 0. The van der Waals surface area contributed by atoms with Gasteiger partial charge in [0.2, 0.25) is 0 Å². The molecule has 1 nitrogen and oxygen atoms in total. The summed E-state index contributed by atoms with van der Waals surface area (Å²) in [5, 5.41) is 1.62. The molecule has 1 atom stereocenters. The van der Waals surface area contributed by atoms with Crippen molar-refractivity contribution in [2.24, 2.45) is 0 Å². The van der Waals surface area contributed by atoms with E-state index in [2.05, 4.69) is 24.0 Å². The van der Waals surface area contributed by atoms with E-state index >= 15 is 0 Å². The van der Waals surface area contributed by atoms with Crippen LogP contribution in [0.15, 0.2) is 30.5 Å². The molecule has 0 bridgehead atoms. The van der Waals surface area contributed by atoms with Crippen LogP contribution in [0, 0.1) is 0 Å². The highest BCUT2D eigenvalue weighted by Crippen LogP contribution is 2.36. The number of nitrogens with zero attached hydrogens (tertiary/aromatic N) is 1. The number of aryl methyl sites for hydroxylation is 1. The summed E-state index contributed by atoms with van der Waals surface area (Å²) in [5.74, 6) is 0.272. The van der Waals surface area contributed by atoms with Crippen molar-refractivity contribution in [1.29, 1.82) is 0 Å². The molecular formula is C15H13Cl2N. The lowest BCUT2D eigenvalue weighted by atomic mass is 9.93. The van der Waals surface area contributed by atoms with Crippen molar-refractivity contribution >= 4 is 23.2 Å². The Bertz CT molecular complexity index is 607. The van der Waals surface area contributed by atoms with Crippen molar-refractivity contribution in [3.63, 3.8) is 0 Å². The number of pyridine rings is 1. The van der Waals surface area contributed by atoms with Crippen LogP contribution in [0.4, 0.5) is 0 Å². The van der Waals surface area contributed by atoms with Crippen molar-refractivity contribution in [2.75, 3.05) is 0 Å². The normalized spacial score (nSPS) is 17.8. The third-order valence-electron chi connectivity index (χ3n) is 3.66. The molecule has 3 heteroatoms. The van der Waals surface area contributed by atoms with Crippen LogP contribution in [-0.2, 0) is 12.8 Å². The largest absolute Gasteiger partial charge is 0.260 e. The molecular weight excluding hydrogens is 265 g/mol. The Morgan fingerprint density at radius 1 is 1.17 bits per heavy atom. The van der Waals surface area contributed by atoms with E-state index in [-0.39, 0.29) is 5.92 Å². The van der Waals surface area contributed by atoms with Crippen LogP contribution < -0.4 is 0 Å². The van der Waals surface area contributed by atoms with Crippen molar-refractivity contribution in [1.82, 2.24) is 4.98 Å². The van der Waals surface area contributed by atoms with E-state index in [1.165, 1.54) is 16.7 Å². The predicted molar refractivity (Wildman–Crippen MR) is 75.6 cm³/mol. The van der Waals surface area contributed by atoms with Crippen LogP contribution in [0.1, 0.15) is 35.2 Å². The molecule has 0 N–H and O–H groups in total. The first-order chi connectivity index (χ1) is 8.66. The van der Waals surface area contributed by atoms with Gasteiger partial charge >= 0.3 is 0 Å². The van der Waals surface area contributed by atoms with Crippen LogP contribution in [0.25, 0.3) is 0 Å². The summed E-state index contributed by atoms with van der Waals surface area (Å²) in [6.07, 6.45) is 3.69. The zero-order chi connectivity index (χ0) is 12.7. The topological polar surface area (TPSA) is 12.9 Å². The third-order valence-corrected chi connectivity index (χ3v) is 4.25. The van der Waals surface area contributed by atoms with Gasteiger partial charge in [0.15, 0.2) is 0 Å². The van der Waals surface area contributed by atoms with Crippen molar-refractivity contribution in [3.8, 4) is 0 Å². The average Bonchev–Trinajstić information content (AvgIpc) is 2.49. The molecule has 0 aliphatic heterocycles. The molecule has 1 aliphatic carbocycles. The second-order valence-corrected chi connectivity index (χ2v) is 5.57. The van der Waals surface area contributed by atoms with Crippen LogP contribution in [0.2, 0.25) is 10.0 Å². The highest BCUT2D eigenvalue weighted by Gasteiger charge is 2.22. The first-order valence-corrected chi connectivity index (χ1v) is 6.84. The van der Waals surface area contributed by atoms with Gasteiger partial charge in [-0.2, -0.15) is 0 Å². The Labute approximate surface area is 117 Å². The van der Waals surface area contributed by atoms with E-state index in [0.717, 1.165) is 28.6 Å². The SMILES string of the molecule is CC1c2ccc(Cl)cc2CCc2c(Cl)ccnc21. The van der Waals surface area contributed by atoms with Gasteiger partial charge in [0.1, 0.15) is 0 Å². The van der Waals surface area contributed by atoms with Crippen molar-refractivity contribution in [3.05, 3.63) is 62.9 Å². The Kier molecular flexibility index (Phi) is 3.04. The first-order valence-electron chi connectivity index (χ1n) is 6.08. The molecule has 2 aromatic rings. The molecule has 0 spiro atoms. The number of aromatic nitrogens is 1. The smallest absolute Gasteiger partial charge is 0.0522 e. The molecule has 0 amide bonds. The Balaban J connectivity index is 2.18. The van der Waals surface area contributed by atoms with Gasteiger partial charge in [0.25, 0.3) is 0 Å². The van der Waals surface area contributed by atoms with Gasteiger partial charge < -0.3 is 0 Å². The number of hydrogen-bond acceptors (Lipinski definition) is 1. The molecule has 1 aromatic carbocycles. The van der Waals surface area contributed by atoms with Crippen molar-refractivity contribution < 1.29 is 0 Å². The maximum Gasteiger partial charge on any atom is 0.0522 e. The number of fused-ring (bicyclic) bond motifs is 2. The summed E-state index contributed by atoms with van der Waals surface area (Å²) in [5.41, 5.74) is 4.90. The Hall–Kier alpha value is -1.05. The summed E-state index contributed by atoms with van der Waals surface area (Å²) >= 11 is 12.4. The summed E-state index contributed by atoms with van der Waals surface area (Å²) < 4.78 is 0. The zero-order valence-corrected chi connectivity index (χ0v) is 11.6. The molecule has 1 heterocycles. The van der Waals surface area contributed by atoms with Gasteiger partial charge in [-0.25, -0.2) is 0 Å². The van der Waals surface area contributed by atoms with Crippen LogP contribution in [-0.4, -0.2) is 4.98 Å². The summed E-state index contributed by atoms with van der Waals surface area (Å²) in [6.45, 7) is 2.18. The fraction of sp³-hybridized carbons (Fsp3) is 0.267. The van der Waals surface area contributed by atoms with Gasteiger partial charge in [-0.15, -0.1) is 0 Å². The molecule has 0 fully saturated rings. The molecule has 0 radical (unpaired) electrons. The third kappa shape index (κ3) is 1.92. The van der Waals surface area contributed by atoms with Crippen molar-refractivity contribution in [2.45, 2.75) is 25.7 Å². The van der Waals surface area contributed by atoms with E-state index in [0.29, 0.717) is 0 Å². The second-order valence-electron chi connectivity index (χ2n) is 4.72. The summed E-state index contributed by atoms with van der Waals surface area (Å²) in [6, 6.07) is 8.00. The lowest BCUT2D eigenvalue weighted by molar-refractivity contribution is 0.860. The van der Waals surface area contributed by atoms with Crippen LogP contribution in [0.3, 0.4) is 0 Å². The number of benzene rings is 1. The van der Waals surface area contributed by atoms with E-state index in [1.54, 1.807) is 6.20 Å². The predicted octanol–water partition coefficient (Wildman–Crippen LogP) is 4.64. The lowest BCUT2D eigenvalue weighted by Crippen LogP contribution is -2.02. The summed E-state index contributed by atoms with van der Waals surface area (Å²) in [7, 11) is 0. The van der Waals surface area contributed by atoms with E-state index < -0.39 is 0 Å². The van der Waals surface area contributed by atoms with Gasteiger partial charge in [-0.1, -0.05) is 36.2 Å². The zero-order valence-electron chi connectivity index (χ0n) is 10.1. The molecule has 92 valence electrons. The number of halogens is 2. The minimum Gasteiger partial charge on any atom is -0.260 e. The molecule has 0 saturated carbocycles. The Morgan fingerprint density at radius 3 is 2.83 bits per heavy atom. The molecule has 1 aliphatic rings. The molecule has 3 rings (SSSR count). The van der Waals surface area contributed by atoms with E-state index in [4.69, 9.17) is 23.2 Å². The minimum absolute atomic E-state index is 0.272. The maximum absolute atomic E-state index is 6.29. The fourth-order valence-electron chi connectivity index (χ4n) is 2.72. The number of rotatable bonds is 0. The fourth-order valence-corrected chi connectivity index (χ4v) is 3.17.